The minimum absolute atomic E-state index is 0.00842. The molecular weight excluding hydrogens is 343 g/mol. The lowest BCUT2D eigenvalue weighted by molar-refractivity contribution is -0.140. The molecule has 0 aliphatic heterocycles. The number of nitrogens with zero attached hydrogens (tertiary/aromatic N) is 3. The summed E-state index contributed by atoms with van der Waals surface area (Å²) < 4.78 is 37.2. The zero-order valence-corrected chi connectivity index (χ0v) is 12.4. The van der Waals surface area contributed by atoms with Gasteiger partial charge >= 0.3 is 6.18 Å². The van der Waals surface area contributed by atoms with E-state index in [1.54, 1.807) is 0 Å². The van der Waals surface area contributed by atoms with E-state index in [-0.39, 0.29) is 29.5 Å². The molecule has 0 aromatic carbocycles. The molecule has 0 aliphatic rings. The second kappa shape index (κ2) is 6.44. The van der Waals surface area contributed by atoms with E-state index < -0.39 is 17.8 Å². The normalized spacial score (nSPS) is 11.5. The first-order chi connectivity index (χ1) is 10.3. The van der Waals surface area contributed by atoms with Gasteiger partial charge < -0.3 is 11.1 Å². The third-order valence-corrected chi connectivity index (χ3v) is 3.60. The molecule has 0 bridgehead atoms. The molecule has 0 unspecified atom stereocenters. The molecule has 2 rings (SSSR count). The second-order valence-electron chi connectivity index (χ2n) is 4.09. The van der Waals surface area contributed by atoms with E-state index in [1.807, 2.05) is 0 Å². The predicted molar refractivity (Wildman–Crippen MR) is 74.9 cm³/mol. The maximum absolute atomic E-state index is 12.4. The van der Waals surface area contributed by atoms with Crippen molar-refractivity contribution >= 4 is 34.7 Å². The number of hydrogen-bond donors (Lipinski definition) is 2. The topological polar surface area (TPSA) is 93.8 Å². The van der Waals surface area contributed by atoms with Crippen LogP contribution in [0.15, 0.2) is 11.4 Å². The summed E-state index contributed by atoms with van der Waals surface area (Å²) in [6, 6.07) is 1.25. The van der Waals surface area contributed by atoms with Crippen LogP contribution in [0, 0.1) is 0 Å². The number of thiazole rings is 1. The fourth-order valence-electron chi connectivity index (χ4n) is 1.53. The van der Waals surface area contributed by atoms with Gasteiger partial charge in [0, 0.05) is 18.3 Å². The number of anilines is 1. The number of amides is 1. The highest BCUT2D eigenvalue weighted by atomic mass is 35.5. The van der Waals surface area contributed by atoms with Crippen LogP contribution in [0.5, 0.6) is 0 Å². The Morgan fingerprint density at radius 1 is 1.41 bits per heavy atom. The molecule has 0 spiro atoms. The summed E-state index contributed by atoms with van der Waals surface area (Å²) in [7, 11) is 0. The number of carbonyl (C=O) groups is 1. The lowest BCUT2D eigenvalue weighted by Crippen LogP contribution is -2.17. The zero-order valence-electron chi connectivity index (χ0n) is 10.8. The minimum atomic E-state index is -4.46. The van der Waals surface area contributed by atoms with Gasteiger partial charge in [0.25, 0.3) is 5.91 Å². The maximum Gasteiger partial charge on any atom is 0.434 e. The molecule has 1 amide bonds. The van der Waals surface area contributed by atoms with Crippen molar-refractivity contribution in [1.82, 2.24) is 15.2 Å². The van der Waals surface area contributed by atoms with Gasteiger partial charge in [-0.25, -0.2) is 4.98 Å². The fraction of sp³-hybridized carbons (Fsp3) is 0.273. The molecule has 0 radical (unpaired) electrons. The van der Waals surface area contributed by atoms with E-state index in [9.17, 15) is 18.0 Å². The van der Waals surface area contributed by atoms with Crippen molar-refractivity contribution in [2.45, 2.75) is 12.6 Å². The Morgan fingerprint density at radius 2 is 2.14 bits per heavy atom. The molecule has 2 aromatic rings. The van der Waals surface area contributed by atoms with Crippen molar-refractivity contribution in [2.75, 3.05) is 11.9 Å². The lowest BCUT2D eigenvalue weighted by atomic mass is 10.2. The molecule has 6 nitrogen and oxygen atoms in total. The van der Waals surface area contributed by atoms with Gasteiger partial charge in [-0.3, -0.25) is 4.79 Å². The van der Waals surface area contributed by atoms with Crippen molar-refractivity contribution in [1.29, 1.82) is 0 Å². The van der Waals surface area contributed by atoms with E-state index in [0.29, 0.717) is 5.01 Å². The number of aromatic nitrogens is 3. The summed E-state index contributed by atoms with van der Waals surface area (Å²) in [5.41, 5.74) is 4.31. The van der Waals surface area contributed by atoms with Gasteiger partial charge in [-0.2, -0.15) is 13.2 Å². The van der Waals surface area contributed by atoms with Crippen LogP contribution in [0.4, 0.5) is 19.0 Å². The average Bonchev–Trinajstić information content (AvgIpc) is 2.89. The molecule has 22 heavy (non-hydrogen) atoms. The molecular formula is C11H9ClF3N5OS. The number of primary amides is 1. The monoisotopic (exact) mass is 351 g/mol. The van der Waals surface area contributed by atoms with Gasteiger partial charge in [-0.1, -0.05) is 11.6 Å². The fourth-order valence-corrected chi connectivity index (χ4v) is 2.48. The standard InChI is InChI=1S/C11H9ClF3N5OS/c12-7-3-5(9(16)21)10(20-19-7)17-2-1-8-18-6(4-22-8)11(13,14)15/h3-4H,1-2H2,(H2,16,21)(H,17,20). The first-order valence-electron chi connectivity index (χ1n) is 5.86. The Morgan fingerprint density at radius 3 is 2.73 bits per heavy atom. The molecule has 0 saturated heterocycles. The van der Waals surface area contributed by atoms with Gasteiger partial charge in [0.05, 0.1) is 10.6 Å². The second-order valence-corrected chi connectivity index (χ2v) is 5.42. The molecule has 0 aliphatic carbocycles. The number of carbonyl (C=O) groups excluding carboxylic acids is 1. The van der Waals surface area contributed by atoms with E-state index in [2.05, 4.69) is 20.5 Å². The minimum Gasteiger partial charge on any atom is -0.367 e. The smallest absolute Gasteiger partial charge is 0.367 e. The van der Waals surface area contributed by atoms with Crippen LogP contribution in [0.1, 0.15) is 21.1 Å². The first kappa shape index (κ1) is 16.4. The van der Waals surface area contributed by atoms with Crippen LogP contribution in [0.3, 0.4) is 0 Å². The number of alkyl halides is 3. The molecule has 11 heteroatoms. The van der Waals surface area contributed by atoms with Crippen LogP contribution in [-0.2, 0) is 12.6 Å². The van der Waals surface area contributed by atoms with Gasteiger partial charge in [-0.15, -0.1) is 21.5 Å². The van der Waals surface area contributed by atoms with Crippen LogP contribution < -0.4 is 11.1 Å². The van der Waals surface area contributed by atoms with Crippen molar-refractivity contribution in [3.05, 3.63) is 32.9 Å². The van der Waals surface area contributed by atoms with Gasteiger partial charge in [-0.05, 0) is 6.07 Å². The molecule has 2 heterocycles. The van der Waals surface area contributed by atoms with Crippen LogP contribution in [-0.4, -0.2) is 27.6 Å². The summed E-state index contributed by atoms with van der Waals surface area (Å²) in [5, 5.41) is 11.3. The van der Waals surface area contributed by atoms with Crippen molar-refractivity contribution in [3.8, 4) is 0 Å². The van der Waals surface area contributed by atoms with Gasteiger partial charge in [0.2, 0.25) is 0 Å². The Balaban J connectivity index is 2.00. The highest BCUT2D eigenvalue weighted by Gasteiger charge is 2.33. The molecule has 3 N–H and O–H groups in total. The molecule has 118 valence electrons. The first-order valence-corrected chi connectivity index (χ1v) is 7.11. The van der Waals surface area contributed by atoms with Gasteiger partial charge in [0.1, 0.15) is 0 Å². The van der Waals surface area contributed by atoms with E-state index in [4.69, 9.17) is 17.3 Å². The number of hydrogen-bond acceptors (Lipinski definition) is 6. The van der Waals surface area contributed by atoms with Crippen LogP contribution in [0.2, 0.25) is 5.15 Å². The largest absolute Gasteiger partial charge is 0.434 e. The Hall–Kier alpha value is -1.94. The molecule has 0 atom stereocenters. The summed E-state index contributed by atoms with van der Waals surface area (Å²) in [6.45, 7) is 0.210. The number of halogens is 4. The van der Waals surface area contributed by atoms with Crippen molar-refractivity contribution in [3.63, 3.8) is 0 Å². The zero-order chi connectivity index (χ0) is 16.3. The molecule has 2 aromatic heterocycles. The van der Waals surface area contributed by atoms with Crippen LogP contribution in [0.25, 0.3) is 0 Å². The molecule has 0 fully saturated rings. The van der Waals surface area contributed by atoms with E-state index >= 15 is 0 Å². The van der Waals surface area contributed by atoms with Crippen LogP contribution >= 0.6 is 22.9 Å². The SMILES string of the molecule is NC(=O)c1cc(Cl)nnc1NCCc1nc(C(F)(F)F)cs1. The third-order valence-electron chi connectivity index (χ3n) is 2.50. The summed E-state index contributed by atoms with van der Waals surface area (Å²) >= 11 is 6.52. The quantitative estimate of drug-likeness (QED) is 0.862. The lowest BCUT2D eigenvalue weighted by Gasteiger charge is -2.07. The average molecular weight is 352 g/mol. The number of nitrogens with one attached hydrogen (secondary N) is 1. The van der Waals surface area contributed by atoms with Gasteiger partial charge in [0.15, 0.2) is 16.7 Å². The summed E-state index contributed by atoms with van der Waals surface area (Å²) in [4.78, 5) is 14.7. The maximum atomic E-state index is 12.4. The van der Waals surface area contributed by atoms with E-state index in [0.717, 1.165) is 16.7 Å². The number of nitrogens with two attached hydrogens (primary N) is 1. The molecule has 0 saturated carbocycles. The Bertz CT molecular complexity index is 691. The van der Waals surface area contributed by atoms with E-state index in [1.165, 1.54) is 6.07 Å². The summed E-state index contributed by atoms with van der Waals surface area (Å²) in [5.74, 6) is -0.627. The Labute approximate surface area is 131 Å². The predicted octanol–water partition coefficient (Wildman–Crippen LogP) is 2.36. The number of rotatable bonds is 5. The Kier molecular flexibility index (Phi) is 4.81. The summed E-state index contributed by atoms with van der Waals surface area (Å²) in [6.07, 6.45) is -4.23. The van der Waals surface area contributed by atoms with Crippen molar-refractivity contribution in [2.24, 2.45) is 5.73 Å². The highest BCUT2D eigenvalue weighted by Crippen LogP contribution is 2.30. The highest BCUT2D eigenvalue weighted by molar-refractivity contribution is 7.09. The van der Waals surface area contributed by atoms with Crippen molar-refractivity contribution < 1.29 is 18.0 Å². The third kappa shape index (κ3) is 4.04.